The van der Waals surface area contributed by atoms with Crippen LogP contribution >= 0.6 is 12.4 Å². The SMILES string of the molecule is Cl.N[C@@H]1CCOc2cc(O)ccc21. The molecule has 0 aromatic heterocycles. The van der Waals surface area contributed by atoms with E-state index in [1.54, 1.807) is 12.1 Å². The van der Waals surface area contributed by atoms with E-state index >= 15 is 0 Å². The summed E-state index contributed by atoms with van der Waals surface area (Å²) in [6.07, 6.45) is 0.845. The van der Waals surface area contributed by atoms with Crippen LogP contribution in [0.1, 0.15) is 18.0 Å². The van der Waals surface area contributed by atoms with Crippen molar-refractivity contribution in [2.24, 2.45) is 5.73 Å². The molecule has 0 spiro atoms. The molecule has 72 valence electrons. The van der Waals surface area contributed by atoms with Gasteiger partial charge in [0.05, 0.1) is 6.61 Å². The Balaban J connectivity index is 0.000000845. The fraction of sp³-hybridized carbons (Fsp3) is 0.333. The van der Waals surface area contributed by atoms with Crippen molar-refractivity contribution in [3.63, 3.8) is 0 Å². The number of aromatic hydroxyl groups is 1. The summed E-state index contributed by atoms with van der Waals surface area (Å²) in [7, 11) is 0. The van der Waals surface area contributed by atoms with E-state index in [0.29, 0.717) is 12.4 Å². The average molecular weight is 202 g/mol. The van der Waals surface area contributed by atoms with E-state index < -0.39 is 0 Å². The van der Waals surface area contributed by atoms with Crippen molar-refractivity contribution in [3.8, 4) is 11.5 Å². The quantitative estimate of drug-likeness (QED) is 0.671. The monoisotopic (exact) mass is 201 g/mol. The van der Waals surface area contributed by atoms with Gasteiger partial charge < -0.3 is 15.6 Å². The summed E-state index contributed by atoms with van der Waals surface area (Å²) in [6, 6.07) is 5.10. The predicted octanol–water partition coefficient (Wildman–Crippen LogP) is 1.60. The van der Waals surface area contributed by atoms with Gasteiger partial charge in [0.2, 0.25) is 0 Å². The Morgan fingerprint density at radius 2 is 2.23 bits per heavy atom. The van der Waals surface area contributed by atoms with Gasteiger partial charge in [0.1, 0.15) is 11.5 Å². The second-order valence-corrected chi connectivity index (χ2v) is 2.97. The smallest absolute Gasteiger partial charge is 0.127 e. The number of nitrogens with two attached hydrogens (primary N) is 1. The van der Waals surface area contributed by atoms with Crippen molar-refractivity contribution in [2.45, 2.75) is 12.5 Å². The van der Waals surface area contributed by atoms with Gasteiger partial charge in [-0.3, -0.25) is 0 Å². The highest BCUT2D eigenvalue weighted by Gasteiger charge is 2.17. The van der Waals surface area contributed by atoms with Gasteiger partial charge in [0.15, 0.2) is 0 Å². The second-order valence-electron chi connectivity index (χ2n) is 2.97. The standard InChI is InChI=1S/C9H11NO2.ClH/c10-8-3-4-12-9-5-6(11)1-2-7(8)9;/h1-2,5,8,11H,3-4,10H2;1H/t8-;/m1./s1. The molecule has 0 saturated carbocycles. The van der Waals surface area contributed by atoms with Crippen LogP contribution in [-0.2, 0) is 0 Å². The zero-order valence-corrected chi connectivity index (χ0v) is 7.88. The molecule has 1 heterocycles. The summed E-state index contributed by atoms with van der Waals surface area (Å²) in [5.41, 5.74) is 6.82. The first-order valence-electron chi connectivity index (χ1n) is 3.98. The molecule has 1 aromatic carbocycles. The molecule has 1 aromatic rings. The van der Waals surface area contributed by atoms with E-state index in [9.17, 15) is 0 Å². The number of halogens is 1. The minimum atomic E-state index is 0. The lowest BCUT2D eigenvalue weighted by Gasteiger charge is -2.22. The van der Waals surface area contributed by atoms with Crippen LogP contribution in [0.4, 0.5) is 0 Å². The van der Waals surface area contributed by atoms with Crippen LogP contribution in [0.2, 0.25) is 0 Å². The Labute approximate surface area is 82.9 Å². The molecule has 3 nitrogen and oxygen atoms in total. The lowest BCUT2D eigenvalue weighted by molar-refractivity contribution is 0.267. The molecule has 4 heteroatoms. The van der Waals surface area contributed by atoms with Gasteiger partial charge >= 0.3 is 0 Å². The topological polar surface area (TPSA) is 55.5 Å². The van der Waals surface area contributed by atoms with Crippen LogP contribution in [-0.4, -0.2) is 11.7 Å². The third kappa shape index (κ3) is 1.87. The Kier molecular flexibility index (Phi) is 3.01. The summed E-state index contributed by atoms with van der Waals surface area (Å²) in [6.45, 7) is 0.637. The van der Waals surface area contributed by atoms with Crippen molar-refractivity contribution in [1.29, 1.82) is 0 Å². The molecule has 0 unspecified atom stereocenters. The number of ether oxygens (including phenoxy) is 1. The van der Waals surface area contributed by atoms with Gasteiger partial charge in [-0.25, -0.2) is 0 Å². The number of fused-ring (bicyclic) bond motifs is 1. The molecule has 1 atom stereocenters. The van der Waals surface area contributed by atoms with Gasteiger partial charge in [-0.1, -0.05) is 6.07 Å². The molecule has 0 aliphatic carbocycles. The minimum Gasteiger partial charge on any atom is -0.508 e. The van der Waals surface area contributed by atoms with Crippen molar-refractivity contribution >= 4 is 12.4 Å². The van der Waals surface area contributed by atoms with Gasteiger partial charge in [0.25, 0.3) is 0 Å². The molecule has 0 bridgehead atoms. The van der Waals surface area contributed by atoms with Gasteiger partial charge in [0, 0.05) is 24.1 Å². The fourth-order valence-corrected chi connectivity index (χ4v) is 1.41. The van der Waals surface area contributed by atoms with E-state index in [4.69, 9.17) is 15.6 Å². The Hall–Kier alpha value is -0.930. The van der Waals surface area contributed by atoms with E-state index in [1.165, 1.54) is 0 Å². The average Bonchev–Trinajstić information content (AvgIpc) is 2.04. The number of hydrogen-bond acceptors (Lipinski definition) is 3. The van der Waals surface area contributed by atoms with Crippen LogP contribution in [0.3, 0.4) is 0 Å². The van der Waals surface area contributed by atoms with E-state index in [0.717, 1.165) is 12.0 Å². The van der Waals surface area contributed by atoms with E-state index in [-0.39, 0.29) is 24.2 Å². The fourth-order valence-electron chi connectivity index (χ4n) is 1.41. The summed E-state index contributed by atoms with van der Waals surface area (Å²) >= 11 is 0. The zero-order chi connectivity index (χ0) is 8.55. The Morgan fingerprint density at radius 1 is 1.46 bits per heavy atom. The maximum Gasteiger partial charge on any atom is 0.127 e. The highest BCUT2D eigenvalue weighted by Crippen LogP contribution is 2.32. The molecule has 13 heavy (non-hydrogen) atoms. The molecule has 0 fully saturated rings. The van der Waals surface area contributed by atoms with Crippen molar-refractivity contribution in [1.82, 2.24) is 0 Å². The van der Waals surface area contributed by atoms with Crippen LogP contribution < -0.4 is 10.5 Å². The maximum absolute atomic E-state index is 9.15. The van der Waals surface area contributed by atoms with Crippen LogP contribution in [0, 0.1) is 0 Å². The first kappa shape index (κ1) is 10.2. The molecule has 1 aliphatic rings. The van der Waals surface area contributed by atoms with Crippen LogP contribution in [0.5, 0.6) is 11.5 Å². The molecule has 0 saturated heterocycles. The molecule has 1 aliphatic heterocycles. The number of rotatable bonds is 0. The lowest BCUT2D eigenvalue weighted by atomic mass is 10.0. The molecule has 3 N–H and O–H groups in total. The Morgan fingerprint density at radius 3 is 3.00 bits per heavy atom. The van der Waals surface area contributed by atoms with E-state index in [1.807, 2.05) is 6.07 Å². The first-order valence-corrected chi connectivity index (χ1v) is 3.98. The zero-order valence-electron chi connectivity index (χ0n) is 7.06. The molecule has 0 amide bonds. The lowest BCUT2D eigenvalue weighted by Crippen LogP contribution is -2.20. The first-order chi connectivity index (χ1) is 5.77. The maximum atomic E-state index is 9.15. The summed E-state index contributed by atoms with van der Waals surface area (Å²) < 4.78 is 5.33. The second kappa shape index (κ2) is 3.85. The van der Waals surface area contributed by atoms with Gasteiger partial charge in [-0.05, 0) is 6.07 Å². The summed E-state index contributed by atoms with van der Waals surface area (Å²) in [4.78, 5) is 0. The number of phenolic OH excluding ortho intramolecular Hbond substituents is 1. The van der Waals surface area contributed by atoms with Gasteiger partial charge in [-0.15, -0.1) is 12.4 Å². The number of benzene rings is 1. The largest absolute Gasteiger partial charge is 0.508 e. The van der Waals surface area contributed by atoms with Crippen LogP contribution in [0.25, 0.3) is 0 Å². The van der Waals surface area contributed by atoms with Crippen molar-refractivity contribution in [3.05, 3.63) is 23.8 Å². The summed E-state index contributed by atoms with van der Waals surface area (Å²) in [5, 5.41) is 9.15. The number of phenols is 1. The highest BCUT2D eigenvalue weighted by molar-refractivity contribution is 5.85. The molecule has 2 rings (SSSR count). The van der Waals surface area contributed by atoms with Crippen molar-refractivity contribution in [2.75, 3.05) is 6.61 Å². The molecule has 0 radical (unpaired) electrons. The molecular formula is C9H12ClNO2. The third-order valence-corrected chi connectivity index (χ3v) is 2.08. The molecular weight excluding hydrogens is 190 g/mol. The summed E-state index contributed by atoms with van der Waals surface area (Å²) in [5.74, 6) is 0.941. The van der Waals surface area contributed by atoms with E-state index in [2.05, 4.69) is 0 Å². The van der Waals surface area contributed by atoms with Crippen LogP contribution in [0.15, 0.2) is 18.2 Å². The number of hydrogen-bond donors (Lipinski definition) is 2. The van der Waals surface area contributed by atoms with Crippen molar-refractivity contribution < 1.29 is 9.84 Å². The Bertz CT molecular complexity index is 304. The predicted molar refractivity (Wildman–Crippen MR) is 52.4 cm³/mol. The third-order valence-electron chi connectivity index (χ3n) is 2.08. The minimum absolute atomic E-state index is 0. The normalized spacial score (nSPS) is 19.6. The van der Waals surface area contributed by atoms with Gasteiger partial charge in [-0.2, -0.15) is 0 Å². The highest BCUT2D eigenvalue weighted by atomic mass is 35.5.